The normalized spacial score (nSPS) is 9.67. The average molecular weight is 250 g/mol. The van der Waals surface area contributed by atoms with Crippen LogP contribution in [0, 0.1) is 17.1 Å². The number of halogens is 1. The van der Waals surface area contributed by atoms with Gasteiger partial charge in [0.05, 0.1) is 12.7 Å². The van der Waals surface area contributed by atoms with E-state index in [4.69, 9.17) is 5.26 Å². The number of benzene rings is 1. The van der Waals surface area contributed by atoms with Gasteiger partial charge < -0.3 is 9.64 Å². The largest absolute Gasteiger partial charge is 0.469 e. The molecule has 1 aromatic carbocycles. The van der Waals surface area contributed by atoms with Crippen molar-refractivity contribution in [3.05, 3.63) is 29.6 Å². The number of carbonyl (C=O) groups excluding carboxylic acids is 1. The molecule has 96 valence electrons. The molecule has 18 heavy (non-hydrogen) atoms. The summed E-state index contributed by atoms with van der Waals surface area (Å²) in [5, 5.41) is 8.62. The molecule has 1 aromatic rings. The highest BCUT2D eigenvalue weighted by Gasteiger charge is 2.07. The lowest BCUT2D eigenvalue weighted by molar-refractivity contribution is -0.140. The lowest BCUT2D eigenvalue weighted by Crippen LogP contribution is -2.19. The number of hydrogen-bond donors (Lipinski definition) is 0. The van der Waals surface area contributed by atoms with Crippen LogP contribution >= 0.6 is 0 Å². The Morgan fingerprint density at radius 3 is 2.83 bits per heavy atom. The molecule has 0 atom stereocenters. The molecule has 5 heteroatoms. The van der Waals surface area contributed by atoms with Gasteiger partial charge in [-0.3, -0.25) is 4.79 Å². The van der Waals surface area contributed by atoms with E-state index in [1.807, 2.05) is 4.90 Å². The zero-order chi connectivity index (χ0) is 13.5. The van der Waals surface area contributed by atoms with Gasteiger partial charge in [0.15, 0.2) is 0 Å². The Hall–Kier alpha value is -2.09. The summed E-state index contributed by atoms with van der Waals surface area (Å²) in [5.74, 6) is -0.788. The Morgan fingerprint density at radius 2 is 2.28 bits per heavy atom. The van der Waals surface area contributed by atoms with E-state index in [-0.39, 0.29) is 11.5 Å². The van der Waals surface area contributed by atoms with E-state index in [0.717, 1.165) is 0 Å². The Kier molecular flexibility index (Phi) is 5.12. The van der Waals surface area contributed by atoms with Crippen LogP contribution in [0.15, 0.2) is 18.2 Å². The Bertz CT molecular complexity index is 469. The van der Waals surface area contributed by atoms with Crippen LogP contribution in [-0.4, -0.2) is 26.7 Å². The first-order chi connectivity index (χ1) is 8.58. The number of rotatable bonds is 5. The Morgan fingerprint density at radius 1 is 1.56 bits per heavy atom. The van der Waals surface area contributed by atoms with Crippen LogP contribution < -0.4 is 4.90 Å². The van der Waals surface area contributed by atoms with Crippen LogP contribution in [0.3, 0.4) is 0 Å². The highest BCUT2D eigenvalue weighted by Crippen LogP contribution is 2.17. The van der Waals surface area contributed by atoms with E-state index >= 15 is 0 Å². The monoisotopic (exact) mass is 250 g/mol. The van der Waals surface area contributed by atoms with Gasteiger partial charge in [-0.25, -0.2) is 4.39 Å². The summed E-state index contributed by atoms with van der Waals surface area (Å²) in [6.45, 7) is 0.612. The summed E-state index contributed by atoms with van der Waals surface area (Å²) in [4.78, 5) is 12.8. The van der Waals surface area contributed by atoms with Gasteiger partial charge in [-0.15, -0.1) is 0 Å². The number of methoxy groups -OCH3 is 1. The standard InChI is InChI=1S/C13H15FN2O2/c1-16(7-3-4-13(17)18-2)11-6-5-10(9-15)12(14)8-11/h5-6,8H,3-4,7H2,1-2H3. The third-order valence-electron chi connectivity index (χ3n) is 2.62. The fraction of sp³-hybridized carbons (Fsp3) is 0.385. The fourth-order valence-electron chi connectivity index (χ4n) is 1.52. The van der Waals surface area contributed by atoms with Crippen LogP contribution in [0.5, 0.6) is 0 Å². The molecule has 0 aromatic heterocycles. The second kappa shape index (κ2) is 6.60. The highest BCUT2D eigenvalue weighted by atomic mass is 19.1. The number of esters is 1. The summed E-state index contributed by atoms with van der Waals surface area (Å²) >= 11 is 0. The number of carbonyl (C=O) groups is 1. The van der Waals surface area contributed by atoms with Gasteiger partial charge >= 0.3 is 5.97 Å². The first-order valence-electron chi connectivity index (χ1n) is 5.56. The quantitative estimate of drug-likeness (QED) is 0.751. The van der Waals surface area contributed by atoms with Gasteiger partial charge in [0.2, 0.25) is 0 Å². The average Bonchev–Trinajstić information content (AvgIpc) is 2.38. The van der Waals surface area contributed by atoms with Crippen LogP contribution in [0.2, 0.25) is 0 Å². The molecule has 0 spiro atoms. The summed E-state index contributed by atoms with van der Waals surface area (Å²) in [6, 6.07) is 6.21. The molecular formula is C13H15FN2O2. The summed E-state index contributed by atoms with van der Waals surface area (Å²) in [6.07, 6.45) is 0.963. The van der Waals surface area contributed by atoms with E-state index in [0.29, 0.717) is 25.1 Å². The first kappa shape index (κ1) is 14.0. The number of hydrogen-bond acceptors (Lipinski definition) is 4. The predicted octanol–water partition coefficient (Wildman–Crippen LogP) is 2.09. The summed E-state index contributed by atoms with van der Waals surface area (Å²) < 4.78 is 17.9. The molecular weight excluding hydrogens is 235 g/mol. The molecule has 1 rings (SSSR count). The number of ether oxygens (including phenoxy) is 1. The molecule has 0 saturated heterocycles. The van der Waals surface area contributed by atoms with Crippen molar-refractivity contribution in [3.8, 4) is 6.07 Å². The van der Waals surface area contributed by atoms with E-state index in [2.05, 4.69) is 4.74 Å². The van der Waals surface area contributed by atoms with Gasteiger partial charge in [0, 0.05) is 25.7 Å². The minimum Gasteiger partial charge on any atom is -0.469 e. The van der Waals surface area contributed by atoms with Crippen molar-refractivity contribution in [2.75, 3.05) is 25.6 Å². The molecule has 0 unspecified atom stereocenters. The van der Waals surface area contributed by atoms with Crippen molar-refractivity contribution in [2.24, 2.45) is 0 Å². The van der Waals surface area contributed by atoms with Crippen molar-refractivity contribution in [1.82, 2.24) is 0 Å². The Labute approximate surface area is 106 Å². The molecule has 0 aliphatic carbocycles. The zero-order valence-electron chi connectivity index (χ0n) is 10.4. The van der Waals surface area contributed by atoms with Crippen LogP contribution in [0.25, 0.3) is 0 Å². The molecule has 0 radical (unpaired) electrons. The Balaban J connectivity index is 2.57. The molecule has 0 aliphatic heterocycles. The smallest absolute Gasteiger partial charge is 0.305 e. The zero-order valence-corrected chi connectivity index (χ0v) is 10.4. The van der Waals surface area contributed by atoms with Crippen molar-refractivity contribution >= 4 is 11.7 Å². The molecule has 4 nitrogen and oxygen atoms in total. The van der Waals surface area contributed by atoms with Crippen LogP contribution in [0.4, 0.5) is 10.1 Å². The lowest BCUT2D eigenvalue weighted by Gasteiger charge is -2.19. The van der Waals surface area contributed by atoms with Crippen molar-refractivity contribution in [1.29, 1.82) is 5.26 Å². The molecule has 0 N–H and O–H groups in total. The summed E-state index contributed by atoms with van der Waals surface area (Å²) in [5.41, 5.74) is 0.707. The molecule has 0 heterocycles. The summed E-state index contributed by atoms with van der Waals surface area (Å²) in [7, 11) is 3.15. The van der Waals surface area contributed by atoms with Crippen molar-refractivity contribution < 1.29 is 13.9 Å². The van der Waals surface area contributed by atoms with E-state index in [1.54, 1.807) is 19.2 Å². The fourth-order valence-corrected chi connectivity index (χ4v) is 1.52. The van der Waals surface area contributed by atoms with E-state index < -0.39 is 5.82 Å². The maximum absolute atomic E-state index is 13.4. The number of nitrogens with zero attached hydrogens (tertiary/aromatic N) is 2. The van der Waals surface area contributed by atoms with E-state index in [1.165, 1.54) is 19.2 Å². The number of nitriles is 1. The molecule has 0 bridgehead atoms. The molecule has 0 aliphatic rings. The van der Waals surface area contributed by atoms with Gasteiger partial charge in [0.25, 0.3) is 0 Å². The van der Waals surface area contributed by atoms with Crippen LogP contribution in [0.1, 0.15) is 18.4 Å². The maximum Gasteiger partial charge on any atom is 0.305 e. The second-order valence-corrected chi connectivity index (χ2v) is 3.88. The first-order valence-corrected chi connectivity index (χ1v) is 5.56. The SMILES string of the molecule is COC(=O)CCCN(C)c1ccc(C#N)c(F)c1. The predicted molar refractivity (Wildman–Crippen MR) is 65.6 cm³/mol. The third kappa shape index (κ3) is 3.74. The van der Waals surface area contributed by atoms with Gasteiger partial charge in [-0.05, 0) is 24.6 Å². The van der Waals surface area contributed by atoms with Crippen molar-refractivity contribution in [2.45, 2.75) is 12.8 Å². The molecule has 0 fully saturated rings. The van der Waals surface area contributed by atoms with Crippen molar-refractivity contribution in [3.63, 3.8) is 0 Å². The van der Waals surface area contributed by atoms with Gasteiger partial charge in [-0.2, -0.15) is 5.26 Å². The van der Waals surface area contributed by atoms with Gasteiger partial charge in [-0.1, -0.05) is 0 Å². The highest BCUT2D eigenvalue weighted by molar-refractivity contribution is 5.69. The third-order valence-corrected chi connectivity index (χ3v) is 2.62. The minimum atomic E-state index is -0.533. The lowest BCUT2D eigenvalue weighted by atomic mass is 10.2. The minimum absolute atomic E-state index is 0.0294. The van der Waals surface area contributed by atoms with E-state index in [9.17, 15) is 9.18 Å². The molecule has 0 amide bonds. The van der Waals surface area contributed by atoms with Crippen LogP contribution in [-0.2, 0) is 9.53 Å². The maximum atomic E-state index is 13.4. The number of anilines is 1. The molecule has 0 saturated carbocycles. The second-order valence-electron chi connectivity index (χ2n) is 3.88. The van der Waals surface area contributed by atoms with Gasteiger partial charge in [0.1, 0.15) is 11.9 Å². The topological polar surface area (TPSA) is 53.3 Å².